The van der Waals surface area contributed by atoms with E-state index in [0.29, 0.717) is 21.7 Å². The Balaban J connectivity index is 2.97. The lowest BCUT2D eigenvalue weighted by Gasteiger charge is -2.12. The molecule has 0 fully saturated rings. The van der Waals surface area contributed by atoms with Gasteiger partial charge in [0.2, 0.25) is 10.0 Å². The molecule has 0 heterocycles. The summed E-state index contributed by atoms with van der Waals surface area (Å²) in [6, 6.07) is 2.86. The highest BCUT2D eigenvalue weighted by molar-refractivity contribution is 9.10. The van der Waals surface area contributed by atoms with E-state index in [2.05, 4.69) is 26.0 Å². The van der Waals surface area contributed by atoms with Crippen molar-refractivity contribution in [2.24, 2.45) is 0 Å². The number of hydrogen-bond acceptors (Lipinski definition) is 4. The summed E-state index contributed by atoms with van der Waals surface area (Å²) < 4.78 is 41.8. The fourth-order valence-electron chi connectivity index (χ4n) is 1.73. The molecule has 2 N–H and O–H groups in total. The van der Waals surface area contributed by atoms with Gasteiger partial charge in [0.05, 0.1) is 0 Å². The fraction of sp³-hybridized carbons (Fsp3) is 0.538. The standard InChI is InChI=1S/C13H20BrFN2O2S2/c1-9(20-3)4-5-17-21(18,19)12-7-11(14)6-10(8-16-2)13(12)15/h6-7,9,16-17H,4-5,8H2,1-3H3. The average molecular weight is 399 g/mol. The van der Waals surface area contributed by atoms with Crippen LogP contribution in [0.15, 0.2) is 21.5 Å². The lowest BCUT2D eigenvalue weighted by molar-refractivity contribution is 0.544. The van der Waals surface area contributed by atoms with E-state index in [0.717, 1.165) is 0 Å². The molecule has 0 bridgehead atoms. The first-order valence-electron chi connectivity index (χ1n) is 6.46. The highest BCUT2D eigenvalue weighted by Crippen LogP contribution is 2.24. The first kappa shape index (κ1) is 18.9. The molecule has 0 aromatic heterocycles. The molecule has 1 rings (SSSR count). The van der Waals surface area contributed by atoms with Crippen molar-refractivity contribution < 1.29 is 12.8 Å². The number of thioether (sulfide) groups is 1. The van der Waals surface area contributed by atoms with Crippen LogP contribution in [0.25, 0.3) is 0 Å². The van der Waals surface area contributed by atoms with E-state index in [-0.39, 0.29) is 18.0 Å². The van der Waals surface area contributed by atoms with Crippen molar-refractivity contribution in [2.45, 2.75) is 30.0 Å². The Morgan fingerprint density at radius 1 is 1.43 bits per heavy atom. The van der Waals surface area contributed by atoms with Gasteiger partial charge in [0.15, 0.2) is 0 Å². The van der Waals surface area contributed by atoms with Gasteiger partial charge in [0.1, 0.15) is 10.7 Å². The predicted molar refractivity (Wildman–Crippen MR) is 89.6 cm³/mol. The number of halogens is 2. The minimum Gasteiger partial charge on any atom is -0.316 e. The van der Waals surface area contributed by atoms with Gasteiger partial charge in [-0.3, -0.25) is 0 Å². The van der Waals surface area contributed by atoms with Crippen molar-refractivity contribution in [2.75, 3.05) is 19.8 Å². The maximum atomic E-state index is 14.3. The zero-order chi connectivity index (χ0) is 16.0. The Hall–Kier alpha value is -0.150. The van der Waals surface area contributed by atoms with E-state index < -0.39 is 15.8 Å². The van der Waals surface area contributed by atoms with Crippen molar-refractivity contribution >= 4 is 37.7 Å². The number of nitrogens with one attached hydrogen (secondary N) is 2. The Morgan fingerprint density at radius 2 is 2.10 bits per heavy atom. The van der Waals surface area contributed by atoms with Gasteiger partial charge >= 0.3 is 0 Å². The summed E-state index contributed by atoms with van der Waals surface area (Å²) in [5.74, 6) is -0.710. The normalized spacial score (nSPS) is 13.4. The molecule has 0 spiro atoms. The van der Waals surface area contributed by atoms with Crippen LogP contribution in [0.2, 0.25) is 0 Å². The molecular formula is C13H20BrFN2O2S2. The topological polar surface area (TPSA) is 58.2 Å². The highest BCUT2D eigenvalue weighted by Gasteiger charge is 2.22. The molecule has 120 valence electrons. The molecule has 4 nitrogen and oxygen atoms in total. The minimum atomic E-state index is -3.85. The van der Waals surface area contributed by atoms with Crippen molar-refractivity contribution in [3.05, 3.63) is 28.0 Å². The van der Waals surface area contributed by atoms with E-state index in [1.54, 1.807) is 24.9 Å². The summed E-state index contributed by atoms with van der Waals surface area (Å²) in [6.07, 6.45) is 2.66. The Kier molecular flexibility index (Phi) is 7.63. The van der Waals surface area contributed by atoms with Gasteiger partial charge in [0.25, 0.3) is 0 Å². The third-order valence-electron chi connectivity index (χ3n) is 2.98. The smallest absolute Gasteiger partial charge is 0.243 e. The van der Waals surface area contributed by atoms with Crippen LogP contribution >= 0.6 is 27.7 Å². The highest BCUT2D eigenvalue weighted by atomic mass is 79.9. The first-order chi connectivity index (χ1) is 9.81. The number of hydrogen-bond donors (Lipinski definition) is 2. The average Bonchev–Trinajstić information content (AvgIpc) is 2.42. The molecule has 1 unspecified atom stereocenters. The maximum Gasteiger partial charge on any atom is 0.243 e. The molecular weight excluding hydrogens is 379 g/mol. The number of rotatable bonds is 8. The second-order valence-corrected chi connectivity index (χ2v) is 8.57. The molecule has 21 heavy (non-hydrogen) atoms. The minimum absolute atomic E-state index is 0.261. The Bertz CT molecular complexity index is 582. The molecule has 0 aliphatic heterocycles. The van der Waals surface area contributed by atoms with Crippen LogP contribution in [0.5, 0.6) is 0 Å². The van der Waals surface area contributed by atoms with Gasteiger partial charge in [-0.1, -0.05) is 22.9 Å². The van der Waals surface area contributed by atoms with Crippen molar-refractivity contribution in [1.29, 1.82) is 0 Å². The molecule has 0 amide bonds. The summed E-state index contributed by atoms with van der Waals surface area (Å²) in [5, 5.41) is 3.16. The van der Waals surface area contributed by atoms with E-state index in [4.69, 9.17) is 0 Å². The monoisotopic (exact) mass is 398 g/mol. The van der Waals surface area contributed by atoms with Crippen LogP contribution in [-0.2, 0) is 16.6 Å². The summed E-state index contributed by atoms with van der Waals surface area (Å²) in [5.41, 5.74) is 0.310. The van der Waals surface area contributed by atoms with Crippen LogP contribution < -0.4 is 10.0 Å². The predicted octanol–water partition coefficient (Wildman–Crippen LogP) is 2.73. The van der Waals surface area contributed by atoms with Crippen LogP contribution in [0.3, 0.4) is 0 Å². The van der Waals surface area contributed by atoms with Gasteiger partial charge < -0.3 is 5.32 Å². The number of sulfonamides is 1. The van der Waals surface area contributed by atoms with E-state index in [1.165, 1.54) is 6.07 Å². The zero-order valence-corrected chi connectivity index (χ0v) is 15.5. The molecule has 0 saturated heterocycles. The van der Waals surface area contributed by atoms with E-state index in [1.807, 2.05) is 13.2 Å². The summed E-state index contributed by atoms with van der Waals surface area (Å²) in [7, 11) is -2.17. The van der Waals surface area contributed by atoms with Gasteiger partial charge in [-0.05, 0) is 31.9 Å². The Labute approximate surface area is 138 Å². The van der Waals surface area contributed by atoms with E-state index in [9.17, 15) is 12.8 Å². The largest absolute Gasteiger partial charge is 0.316 e. The number of benzene rings is 1. The fourth-order valence-corrected chi connectivity index (χ4v) is 3.93. The third kappa shape index (κ3) is 5.52. The lowest BCUT2D eigenvalue weighted by Crippen LogP contribution is -2.27. The molecule has 8 heteroatoms. The second-order valence-electron chi connectivity index (χ2n) is 4.64. The SMILES string of the molecule is CNCc1cc(Br)cc(S(=O)(=O)NCCC(C)SC)c1F. The van der Waals surface area contributed by atoms with Crippen LogP contribution in [-0.4, -0.2) is 33.5 Å². The van der Waals surface area contributed by atoms with Crippen molar-refractivity contribution in [3.8, 4) is 0 Å². The Morgan fingerprint density at radius 3 is 2.67 bits per heavy atom. The molecule has 0 radical (unpaired) electrons. The molecule has 1 atom stereocenters. The molecule has 1 aromatic rings. The van der Waals surface area contributed by atoms with Gasteiger partial charge in [-0.2, -0.15) is 11.8 Å². The van der Waals surface area contributed by atoms with Crippen molar-refractivity contribution in [3.63, 3.8) is 0 Å². The molecule has 0 aliphatic carbocycles. The van der Waals surface area contributed by atoms with Crippen LogP contribution in [0.4, 0.5) is 4.39 Å². The van der Waals surface area contributed by atoms with Crippen LogP contribution in [0, 0.1) is 5.82 Å². The van der Waals surface area contributed by atoms with Gasteiger partial charge in [-0.25, -0.2) is 17.5 Å². The summed E-state index contributed by atoms with van der Waals surface area (Å²) in [4.78, 5) is -0.320. The lowest BCUT2D eigenvalue weighted by atomic mass is 10.2. The third-order valence-corrected chi connectivity index (χ3v) is 5.94. The quantitative estimate of drug-likeness (QED) is 0.706. The van der Waals surface area contributed by atoms with Crippen LogP contribution in [0.1, 0.15) is 18.9 Å². The summed E-state index contributed by atoms with van der Waals surface area (Å²) >= 11 is 4.88. The maximum absolute atomic E-state index is 14.3. The first-order valence-corrected chi connectivity index (χ1v) is 10.0. The van der Waals surface area contributed by atoms with Gasteiger partial charge in [0, 0.05) is 28.4 Å². The second kappa shape index (κ2) is 8.47. The zero-order valence-electron chi connectivity index (χ0n) is 12.2. The summed E-state index contributed by atoms with van der Waals surface area (Å²) in [6.45, 7) is 2.57. The molecule has 0 saturated carbocycles. The van der Waals surface area contributed by atoms with Gasteiger partial charge in [-0.15, -0.1) is 0 Å². The van der Waals surface area contributed by atoms with Crippen molar-refractivity contribution in [1.82, 2.24) is 10.0 Å². The molecule has 0 aliphatic rings. The van der Waals surface area contributed by atoms with E-state index >= 15 is 0 Å². The molecule has 1 aromatic carbocycles.